The summed E-state index contributed by atoms with van der Waals surface area (Å²) in [6, 6.07) is 11.9. The molecule has 1 aromatic carbocycles. The van der Waals surface area contributed by atoms with Crippen molar-refractivity contribution in [1.29, 1.82) is 0 Å². The van der Waals surface area contributed by atoms with Crippen LogP contribution in [0.2, 0.25) is 0 Å². The number of ether oxygens (including phenoxy) is 1. The van der Waals surface area contributed by atoms with Gasteiger partial charge in [0.15, 0.2) is 5.82 Å². The van der Waals surface area contributed by atoms with Gasteiger partial charge < -0.3 is 4.74 Å². The number of hydrogen-bond donors (Lipinski definition) is 1. The smallest absolute Gasteiger partial charge is 0.214 e. The first-order valence-electron chi connectivity index (χ1n) is 6.74. The molecule has 1 N–H and O–H groups in total. The van der Waals surface area contributed by atoms with Gasteiger partial charge in [-0.15, -0.1) is 21.5 Å². The van der Waals surface area contributed by atoms with Crippen LogP contribution in [-0.2, 0) is 0 Å². The Bertz CT molecular complexity index is 885. The largest absolute Gasteiger partial charge is 0.497 e. The zero-order valence-corrected chi connectivity index (χ0v) is 15.2. The third-order valence-corrected chi connectivity index (χ3v) is 5.82. The molecule has 0 spiro atoms. The fourth-order valence-electron chi connectivity index (χ4n) is 2.20. The van der Waals surface area contributed by atoms with Gasteiger partial charge in [0.2, 0.25) is 5.16 Å². The maximum Gasteiger partial charge on any atom is 0.214 e. The molecule has 23 heavy (non-hydrogen) atoms. The SMILES string of the molecule is COc1ccc(-c2nnc3n2NC(c2ccc(Br)s2)=CS3)cc1. The van der Waals surface area contributed by atoms with Crippen molar-refractivity contribution in [3.8, 4) is 17.1 Å². The molecule has 0 saturated heterocycles. The van der Waals surface area contributed by atoms with Crippen molar-refractivity contribution in [2.45, 2.75) is 5.16 Å². The Balaban J connectivity index is 1.68. The third kappa shape index (κ3) is 2.77. The highest BCUT2D eigenvalue weighted by molar-refractivity contribution is 9.11. The summed E-state index contributed by atoms with van der Waals surface area (Å²) in [4.78, 5) is 1.16. The monoisotopic (exact) mass is 406 g/mol. The summed E-state index contributed by atoms with van der Waals surface area (Å²) in [5.74, 6) is 1.59. The van der Waals surface area contributed by atoms with E-state index >= 15 is 0 Å². The van der Waals surface area contributed by atoms with Crippen LogP contribution in [0.1, 0.15) is 4.88 Å². The van der Waals surface area contributed by atoms with Crippen molar-refractivity contribution in [3.05, 3.63) is 50.5 Å². The molecule has 0 atom stereocenters. The lowest BCUT2D eigenvalue weighted by molar-refractivity contribution is 0.415. The summed E-state index contributed by atoms with van der Waals surface area (Å²) in [7, 11) is 1.66. The zero-order chi connectivity index (χ0) is 15.8. The maximum atomic E-state index is 5.20. The molecule has 0 saturated carbocycles. The molecular formula is C15H11BrN4OS2. The highest BCUT2D eigenvalue weighted by Crippen LogP contribution is 2.35. The minimum absolute atomic E-state index is 0.774. The molecule has 0 unspecified atom stereocenters. The second kappa shape index (κ2) is 6.03. The van der Waals surface area contributed by atoms with E-state index in [1.165, 1.54) is 0 Å². The number of methoxy groups -OCH3 is 1. The Morgan fingerprint density at radius 2 is 1.96 bits per heavy atom. The Morgan fingerprint density at radius 3 is 2.65 bits per heavy atom. The summed E-state index contributed by atoms with van der Waals surface area (Å²) in [6.07, 6.45) is 0. The van der Waals surface area contributed by atoms with E-state index in [9.17, 15) is 0 Å². The predicted molar refractivity (Wildman–Crippen MR) is 97.2 cm³/mol. The standard InChI is InChI=1S/C15H11BrN4OS2/c1-21-10-4-2-9(3-5-10)14-17-18-15-20(14)19-11(8-22-15)12-6-7-13(16)23-12/h2-8,19H,1H3. The van der Waals surface area contributed by atoms with Crippen LogP contribution >= 0.6 is 39.0 Å². The van der Waals surface area contributed by atoms with Crippen LogP contribution in [0, 0.1) is 0 Å². The molecular weight excluding hydrogens is 396 g/mol. The molecule has 0 bridgehead atoms. The molecule has 116 valence electrons. The summed E-state index contributed by atoms with van der Waals surface area (Å²) in [5.41, 5.74) is 5.41. The number of thioether (sulfide) groups is 1. The van der Waals surface area contributed by atoms with Crippen LogP contribution in [0.15, 0.2) is 50.7 Å². The van der Waals surface area contributed by atoms with Gasteiger partial charge >= 0.3 is 0 Å². The van der Waals surface area contributed by atoms with Crippen molar-refractivity contribution in [3.63, 3.8) is 0 Å². The van der Waals surface area contributed by atoms with Gasteiger partial charge in [0, 0.05) is 11.0 Å². The van der Waals surface area contributed by atoms with Crippen LogP contribution in [-0.4, -0.2) is 22.0 Å². The lowest BCUT2D eigenvalue weighted by Gasteiger charge is -2.18. The molecule has 1 aliphatic heterocycles. The zero-order valence-electron chi connectivity index (χ0n) is 12.0. The molecule has 3 aromatic rings. The lowest BCUT2D eigenvalue weighted by Crippen LogP contribution is -2.17. The van der Waals surface area contributed by atoms with Gasteiger partial charge in [-0.3, -0.25) is 5.43 Å². The van der Waals surface area contributed by atoms with E-state index in [0.717, 1.165) is 36.7 Å². The van der Waals surface area contributed by atoms with Gasteiger partial charge in [-0.2, -0.15) is 0 Å². The first-order chi connectivity index (χ1) is 11.2. The van der Waals surface area contributed by atoms with Crippen molar-refractivity contribution < 1.29 is 4.74 Å². The molecule has 5 nitrogen and oxygen atoms in total. The highest BCUT2D eigenvalue weighted by atomic mass is 79.9. The normalized spacial score (nSPS) is 13.2. The van der Waals surface area contributed by atoms with Crippen LogP contribution in [0.3, 0.4) is 0 Å². The number of aromatic nitrogens is 3. The molecule has 8 heteroatoms. The van der Waals surface area contributed by atoms with E-state index in [1.54, 1.807) is 30.2 Å². The highest BCUT2D eigenvalue weighted by Gasteiger charge is 2.20. The van der Waals surface area contributed by atoms with E-state index in [0.29, 0.717) is 0 Å². The van der Waals surface area contributed by atoms with Gasteiger partial charge in [-0.25, -0.2) is 4.68 Å². The molecule has 2 aromatic heterocycles. The first-order valence-corrected chi connectivity index (χ1v) is 9.23. The van der Waals surface area contributed by atoms with Crippen molar-refractivity contribution >= 4 is 44.7 Å². The number of benzene rings is 1. The van der Waals surface area contributed by atoms with Crippen molar-refractivity contribution in [2.75, 3.05) is 12.5 Å². The molecule has 0 fully saturated rings. The molecule has 0 radical (unpaired) electrons. The Hall–Kier alpha value is -1.77. The van der Waals surface area contributed by atoms with Crippen LogP contribution in [0.5, 0.6) is 5.75 Å². The third-order valence-electron chi connectivity index (χ3n) is 3.33. The topological polar surface area (TPSA) is 52.0 Å². The van der Waals surface area contributed by atoms with Gasteiger partial charge in [-0.05, 0) is 52.3 Å². The molecule has 4 rings (SSSR count). The van der Waals surface area contributed by atoms with Crippen LogP contribution in [0.25, 0.3) is 17.1 Å². The van der Waals surface area contributed by atoms with E-state index in [2.05, 4.69) is 43.0 Å². The average Bonchev–Trinajstić information content (AvgIpc) is 3.20. The van der Waals surface area contributed by atoms with Gasteiger partial charge in [-0.1, -0.05) is 11.8 Å². The van der Waals surface area contributed by atoms with Gasteiger partial charge in [0.25, 0.3) is 0 Å². The second-order valence-corrected chi connectivity index (χ2v) is 8.03. The maximum absolute atomic E-state index is 5.20. The number of thiophene rings is 1. The lowest BCUT2D eigenvalue weighted by atomic mass is 10.2. The minimum atomic E-state index is 0.774. The Labute approximate surface area is 149 Å². The van der Waals surface area contributed by atoms with Gasteiger partial charge in [0.05, 0.1) is 21.5 Å². The Morgan fingerprint density at radius 1 is 1.13 bits per heavy atom. The van der Waals surface area contributed by atoms with E-state index < -0.39 is 0 Å². The van der Waals surface area contributed by atoms with Gasteiger partial charge in [0.1, 0.15) is 5.75 Å². The fourth-order valence-corrected chi connectivity index (χ4v) is 4.36. The molecule has 0 amide bonds. The van der Waals surface area contributed by atoms with Crippen LogP contribution in [0.4, 0.5) is 0 Å². The van der Waals surface area contributed by atoms with Crippen molar-refractivity contribution in [1.82, 2.24) is 14.9 Å². The molecule has 1 aliphatic rings. The quantitative estimate of drug-likeness (QED) is 0.697. The Kier molecular flexibility index (Phi) is 3.88. The summed E-state index contributed by atoms with van der Waals surface area (Å²) in [5, 5.41) is 11.4. The molecule has 0 aliphatic carbocycles. The number of nitrogens with one attached hydrogen (secondary N) is 1. The number of rotatable bonds is 3. The first kappa shape index (κ1) is 14.8. The fraction of sp³-hybridized carbons (Fsp3) is 0.0667. The number of fused-ring (bicyclic) bond motifs is 1. The predicted octanol–water partition coefficient (Wildman–Crippen LogP) is 4.43. The number of nitrogens with zero attached hydrogens (tertiary/aromatic N) is 3. The average molecular weight is 407 g/mol. The summed E-state index contributed by atoms with van der Waals surface area (Å²) in [6.45, 7) is 0. The number of halogens is 1. The van der Waals surface area contributed by atoms with E-state index in [-0.39, 0.29) is 0 Å². The number of hydrogen-bond acceptors (Lipinski definition) is 6. The summed E-state index contributed by atoms with van der Waals surface area (Å²) >= 11 is 6.74. The van der Waals surface area contributed by atoms with Crippen LogP contribution < -0.4 is 10.2 Å². The molecule has 3 heterocycles. The van der Waals surface area contributed by atoms with Crippen molar-refractivity contribution in [2.24, 2.45) is 0 Å². The van der Waals surface area contributed by atoms with E-state index in [4.69, 9.17) is 4.74 Å². The summed E-state index contributed by atoms with van der Waals surface area (Å²) < 4.78 is 8.22. The minimum Gasteiger partial charge on any atom is -0.497 e. The van der Waals surface area contributed by atoms with E-state index in [1.807, 2.05) is 35.0 Å². The second-order valence-electron chi connectivity index (χ2n) is 4.74.